The molecule has 0 saturated heterocycles. The zero-order valence-electron chi connectivity index (χ0n) is 13.3. The molecule has 20 heavy (non-hydrogen) atoms. The normalized spacial score (nSPS) is 32.2. The van der Waals surface area contributed by atoms with E-state index >= 15 is 0 Å². The van der Waals surface area contributed by atoms with Gasteiger partial charge in [0.25, 0.3) is 0 Å². The van der Waals surface area contributed by atoms with Crippen LogP contribution in [0.2, 0.25) is 0 Å². The first-order chi connectivity index (χ1) is 9.63. The molecule has 0 amide bonds. The molecule has 2 aliphatic rings. The summed E-state index contributed by atoms with van der Waals surface area (Å²) in [5.41, 5.74) is 3.54. The smallest absolute Gasteiger partial charge is 0.00108 e. The van der Waals surface area contributed by atoms with Crippen molar-refractivity contribution in [2.75, 3.05) is 13.6 Å². The molecule has 2 saturated carbocycles. The van der Waals surface area contributed by atoms with E-state index in [1.807, 2.05) is 0 Å². The predicted molar refractivity (Wildman–Crippen MR) is 86.0 cm³/mol. The lowest BCUT2D eigenvalue weighted by molar-refractivity contribution is 0.160. The van der Waals surface area contributed by atoms with Crippen LogP contribution < -0.4 is 5.32 Å². The third-order valence-corrected chi connectivity index (χ3v) is 5.83. The molecule has 1 N–H and O–H groups in total. The van der Waals surface area contributed by atoms with Gasteiger partial charge in [-0.1, -0.05) is 44.5 Å². The Morgan fingerprint density at radius 2 is 1.95 bits per heavy atom. The van der Waals surface area contributed by atoms with E-state index in [0.717, 1.165) is 11.8 Å². The first-order valence-electron chi connectivity index (χ1n) is 8.36. The molecule has 1 nitrogen and oxygen atoms in total. The fourth-order valence-electron chi connectivity index (χ4n) is 4.83. The minimum atomic E-state index is 0.539. The number of fused-ring (bicyclic) bond motifs is 2. The van der Waals surface area contributed by atoms with Gasteiger partial charge >= 0.3 is 0 Å². The van der Waals surface area contributed by atoms with Gasteiger partial charge in [-0.3, -0.25) is 0 Å². The minimum absolute atomic E-state index is 0.539. The topological polar surface area (TPSA) is 12.0 Å². The highest BCUT2D eigenvalue weighted by Crippen LogP contribution is 2.57. The third-order valence-electron chi connectivity index (χ3n) is 5.83. The fraction of sp³-hybridized carbons (Fsp3) is 0.684. The molecular formula is C19H29N. The zero-order valence-corrected chi connectivity index (χ0v) is 13.3. The highest BCUT2D eigenvalue weighted by molar-refractivity contribution is 5.26. The van der Waals surface area contributed by atoms with Crippen molar-refractivity contribution in [3.63, 3.8) is 0 Å². The molecule has 0 spiro atoms. The lowest BCUT2D eigenvalue weighted by atomic mass is 9.69. The van der Waals surface area contributed by atoms with E-state index < -0.39 is 0 Å². The Hall–Kier alpha value is -0.820. The lowest BCUT2D eigenvalue weighted by Gasteiger charge is -2.38. The van der Waals surface area contributed by atoms with E-state index in [1.54, 1.807) is 0 Å². The second kappa shape index (κ2) is 5.52. The van der Waals surface area contributed by atoms with Crippen LogP contribution in [-0.4, -0.2) is 13.6 Å². The van der Waals surface area contributed by atoms with Gasteiger partial charge in [0.05, 0.1) is 0 Å². The van der Waals surface area contributed by atoms with Crippen LogP contribution in [0.1, 0.15) is 56.6 Å². The Kier molecular flexibility index (Phi) is 3.90. The summed E-state index contributed by atoms with van der Waals surface area (Å²) < 4.78 is 0. The molecule has 0 heterocycles. The highest BCUT2D eigenvalue weighted by Gasteiger charge is 2.50. The Balaban J connectivity index is 1.77. The summed E-state index contributed by atoms with van der Waals surface area (Å²) in [5, 5.41) is 3.49. The maximum absolute atomic E-state index is 3.49. The number of hydrogen-bond acceptors (Lipinski definition) is 1. The van der Waals surface area contributed by atoms with Gasteiger partial charge in [-0.15, -0.1) is 0 Å². The van der Waals surface area contributed by atoms with E-state index in [9.17, 15) is 0 Å². The third kappa shape index (κ3) is 2.53. The Bertz CT molecular complexity index is 447. The number of nitrogens with one attached hydrogen (secondary N) is 1. The number of benzene rings is 1. The molecule has 1 aromatic rings. The van der Waals surface area contributed by atoms with Gasteiger partial charge in [0, 0.05) is 6.54 Å². The van der Waals surface area contributed by atoms with E-state index in [0.29, 0.717) is 11.3 Å². The standard InChI is InChI=1S/C19H29N/c1-14(2)17-7-4-15(5-8-17)11-19(13-20-3)12-16-6-9-18(19)10-16/h4-5,7-8,14,16,18,20H,6,9-13H2,1-3H3. The summed E-state index contributed by atoms with van der Waals surface area (Å²) in [5.74, 6) is 2.62. The van der Waals surface area contributed by atoms with Crippen molar-refractivity contribution in [2.24, 2.45) is 17.3 Å². The fourth-order valence-corrected chi connectivity index (χ4v) is 4.83. The van der Waals surface area contributed by atoms with Crippen LogP contribution in [-0.2, 0) is 6.42 Å². The summed E-state index contributed by atoms with van der Waals surface area (Å²) in [7, 11) is 2.12. The summed E-state index contributed by atoms with van der Waals surface area (Å²) >= 11 is 0. The van der Waals surface area contributed by atoms with Crippen LogP contribution in [0.3, 0.4) is 0 Å². The molecule has 0 aromatic heterocycles. The van der Waals surface area contributed by atoms with Crippen LogP contribution in [0, 0.1) is 17.3 Å². The molecule has 0 aliphatic heterocycles. The van der Waals surface area contributed by atoms with Crippen LogP contribution in [0.5, 0.6) is 0 Å². The van der Waals surface area contributed by atoms with Crippen LogP contribution in [0.15, 0.2) is 24.3 Å². The average molecular weight is 271 g/mol. The summed E-state index contributed by atoms with van der Waals surface area (Å²) in [6, 6.07) is 9.41. The van der Waals surface area contributed by atoms with Gasteiger partial charge in [0.15, 0.2) is 0 Å². The van der Waals surface area contributed by atoms with Gasteiger partial charge in [0.2, 0.25) is 0 Å². The molecule has 0 radical (unpaired) electrons. The Morgan fingerprint density at radius 1 is 1.20 bits per heavy atom. The maximum atomic E-state index is 3.49. The molecular weight excluding hydrogens is 242 g/mol. The van der Waals surface area contributed by atoms with Gasteiger partial charge < -0.3 is 5.32 Å². The summed E-state index contributed by atoms with van der Waals surface area (Å²) in [4.78, 5) is 0. The molecule has 2 bridgehead atoms. The van der Waals surface area contributed by atoms with Crippen LogP contribution in [0.4, 0.5) is 0 Å². The highest BCUT2D eigenvalue weighted by atomic mass is 14.8. The van der Waals surface area contributed by atoms with Crippen molar-refractivity contribution in [2.45, 2.75) is 51.9 Å². The molecule has 3 unspecified atom stereocenters. The maximum Gasteiger partial charge on any atom is 0.00108 e. The monoisotopic (exact) mass is 271 g/mol. The molecule has 1 heteroatoms. The van der Waals surface area contributed by atoms with Crippen LogP contribution in [0.25, 0.3) is 0 Å². The Morgan fingerprint density at radius 3 is 2.45 bits per heavy atom. The average Bonchev–Trinajstić information content (AvgIpc) is 3.00. The number of rotatable bonds is 5. The quantitative estimate of drug-likeness (QED) is 0.838. The number of hydrogen-bond donors (Lipinski definition) is 1. The SMILES string of the molecule is CNCC1(Cc2ccc(C(C)C)cc2)CC2CCC1C2. The van der Waals surface area contributed by atoms with E-state index in [1.165, 1.54) is 49.8 Å². The van der Waals surface area contributed by atoms with E-state index in [2.05, 4.69) is 50.5 Å². The van der Waals surface area contributed by atoms with Crippen molar-refractivity contribution >= 4 is 0 Å². The Labute approximate surface area is 124 Å². The van der Waals surface area contributed by atoms with E-state index in [4.69, 9.17) is 0 Å². The molecule has 3 atom stereocenters. The minimum Gasteiger partial charge on any atom is -0.319 e. The summed E-state index contributed by atoms with van der Waals surface area (Å²) in [6.07, 6.45) is 7.17. The van der Waals surface area contributed by atoms with Gasteiger partial charge in [-0.2, -0.15) is 0 Å². The van der Waals surface area contributed by atoms with Crippen molar-refractivity contribution in [1.82, 2.24) is 5.32 Å². The molecule has 2 fully saturated rings. The molecule has 110 valence electrons. The molecule has 1 aromatic carbocycles. The first-order valence-corrected chi connectivity index (χ1v) is 8.36. The molecule has 3 rings (SSSR count). The largest absolute Gasteiger partial charge is 0.319 e. The van der Waals surface area contributed by atoms with Crippen molar-refractivity contribution < 1.29 is 0 Å². The van der Waals surface area contributed by atoms with Crippen molar-refractivity contribution in [3.8, 4) is 0 Å². The zero-order chi connectivity index (χ0) is 14.2. The van der Waals surface area contributed by atoms with Crippen molar-refractivity contribution in [1.29, 1.82) is 0 Å². The first kappa shape index (κ1) is 14.1. The molecule has 2 aliphatic carbocycles. The van der Waals surface area contributed by atoms with Gasteiger partial charge in [-0.25, -0.2) is 0 Å². The predicted octanol–water partition coefficient (Wildman–Crippen LogP) is 4.38. The van der Waals surface area contributed by atoms with Crippen molar-refractivity contribution in [3.05, 3.63) is 35.4 Å². The summed E-state index contributed by atoms with van der Waals surface area (Å²) in [6.45, 7) is 5.74. The van der Waals surface area contributed by atoms with Gasteiger partial charge in [-0.05, 0) is 67.0 Å². The van der Waals surface area contributed by atoms with Crippen LogP contribution >= 0.6 is 0 Å². The second-order valence-corrected chi connectivity index (χ2v) is 7.55. The van der Waals surface area contributed by atoms with E-state index in [-0.39, 0.29) is 0 Å². The van der Waals surface area contributed by atoms with Gasteiger partial charge in [0.1, 0.15) is 0 Å². The second-order valence-electron chi connectivity index (χ2n) is 7.55. The lowest BCUT2D eigenvalue weighted by Crippen LogP contribution is -2.39.